The third-order valence-electron chi connectivity index (χ3n) is 1.53. The second-order valence-electron chi connectivity index (χ2n) is 2.45. The van der Waals surface area contributed by atoms with Crippen LogP contribution in [0.4, 0.5) is 0 Å². The van der Waals surface area contributed by atoms with Gasteiger partial charge in [-0.2, -0.15) is 0 Å². The molecule has 0 radical (unpaired) electrons. The Labute approximate surface area is 93.5 Å². The number of ketones is 1. The summed E-state index contributed by atoms with van der Waals surface area (Å²) in [5, 5.41) is 0. The van der Waals surface area contributed by atoms with Crippen LogP contribution in [0.15, 0.2) is 22.7 Å². The number of hydrogen-bond donors (Lipinski definition) is 0. The minimum Gasteiger partial charge on any atom is -0.482 e. The number of rotatable bonds is 3. The number of Topliss-reactive ketones (excluding diaryl/α,β-unsaturated/α-hetero) is 1. The van der Waals surface area contributed by atoms with E-state index in [1.54, 1.807) is 12.1 Å². The van der Waals surface area contributed by atoms with Crippen molar-refractivity contribution in [1.29, 1.82) is 0 Å². The van der Waals surface area contributed by atoms with E-state index in [2.05, 4.69) is 31.9 Å². The molecule has 1 aromatic rings. The average molecular weight is 308 g/mol. The minimum atomic E-state index is -0.00255. The van der Waals surface area contributed by atoms with Gasteiger partial charge in [0.15, 0.2) is 5.78 Å². The highest BCUT2D eigenvalue weighted by molar-refractivity contribution is 9.10. The van der Waals surface area contributed by atoms with Gasteiger partial charge in [-0.3, -0.25) is 4.79 Å². The molecular formula is C9H8Br2O2. The third kappa shape index (κ3) is 2.81. The summed E-state index contributed by atoms with van der Waals surface area (Å²) in [5.74, 6) is 0.602. The lowest BCUT2D eigenvalue weighted by molar-refractivity contribution is 0.101. The van der Waals surface area contributed by atoms with Gasteiger partial charge in [0.1, 0.15) is 11.3 Å². The first-order chi connectivity index (χ1) is 6.15. The van der Waals surface area contributed by atoms with Crippen molar-refractivity contribution in [3.63, 3.8) is 0 Å². The minimum absolute atomic E-state index is 0.00255. The van der Waals surface area contributed by atoms with Crippen molar-refractivity contribution < 1.29 is 9.53 Å². The van der Waals surface area contributed by atoms with Gasteiger partial charge in [0.2, 0.25) is 0 Å². The topological polar surface area (TPSA) is 26.3 Å². The highest BCUT2D eigenvalue weighted by Crippen LogP contribution is 2.23. The molecule has 0 amide bonds. The van der Waals surface area contributed by atoms with Crippen molar-refractivity contribution in [3.05, 3.63) is 28.2 Å². The first kappa shape index (κ1) is 10.7. The molecule has 0 aromatic heterocycles. The van der Waals surface area contributed by atoms with Crippen LogP contribution in [-0.4, -0.2) is 11.3 Å². The van der Waals surface area contributed by atoms with Gasteiger partial charge >= 0.3 is 0 Å². The van der Waals surface area contributed by atoms with Gasteiger partial charge in [-0.15, -0.1) is 0 Å². The van der Waals surface area contributed by atoms with Crippen LogP contribution in [0.1, 0.15) is 17.3 Å². The molecule has 0 atom stereocenters. The molecule has 0 aliphatic rings. The highest BCUT2D eigenvalue weighted by Gasteiger charge is 2.08. The number of alkyl halides is 1. The van der Waals surface area contributed by atoms with Crippen molar-refractivity contribution in [2.75, 3.05) is 5.52 Å². The zero-order chi connectivity index (χ0) is 9.84. The second kappa shape index (κ2) is 4.77. The lowest BCUT2D eigenvalue weighted by atomic mass is 10.1. The molecule has 0 bridgehead atoms. The molecule has 0 fully saturated rings. The summed E-state index contributed by atoms with van der Waals surface area (Å²) in [6.07, 6.45) is 0. The van der Waals surface area contributed by atoms with Crippen molar-refractivity contribution >= 4 is 37.6 Å². The summed E-state index contributed by atoms with van der Waals surface area (Å²) in [5.41, 5.74) is 0.975. The highest BCUT2D eigenvalue weighted by atomic mass is 79.9. The Balaban J connectivity index is 3.10. The monoisotopic (exact) mass is 306 g/mol. The van der Waals surface area contributed by atoms with E-state index in [1.807, 2.05) is 6.07 Å². The van der Waals surface area contributed by atoms with Gasteiger partial charge in [0.05, 0.1) is 5.56 Å². The molecule has 0 spiro atoms. The Hall–Kier alpha value is -0.350. The molecule has 0 heterocycles. The van der Waals surface area contributed by atoms with E-state index in [-0.39, 0.29) is 5.78 Å². The quantitative estimate of drug-likeness (QED) is 0.632. The first-order valence-corrected chi connectivity index (χ1v) is 5.56. The molecule has 70 valence electrons. The van der Waals surface area contributed by atoms with Gasteiger partial charge in [0, 0.05) is 4.47 Å². The predicted molar refractivity (Wildman–Crippen MR) is 58.6 cm³/mol. The fourth-order valence-corrected chi connectivity index (χ4v) is 1.57. The summed E-state index contributed by atoms with van der Waals surface area (Å²) in [7, 11) is 0. The van der Waals surface area contributed by atoms with Crippen LogP contribution in [0.25, 0.3) is 0 Å². The van der Waals surface area contributed by atoms with Crippen molar-refractivity contribution in [2.45, 2.75) is 6.92 Å². The lowest BCUT2D eigenvalue weighted by Crippen LogP contribution is -1.99. The fraction of sp³-hybridized carbons (Fsp3) is 0.222. The molecule has 0 N–H and O–H groups in total. The van der Waals surface area contributed by atoms with Crippen LogP contribution < -0.4 is 4.74 Å². The van der Waals surface area contributed by atoms with Crippen LogP contribution >= 0.6 is 31.9 Å². The zero-order valence-electron chi connectivity index (χ0n) is 7.01. The van der Waals surface area contributed by atoms with E-state index in [0.29, 0.717) is 16.8 Å². The average Bonchev–Trinajstić information content (AvgIpc) is 2.08. The number of carbonyl (C=O) groups excluding carboxylic acids is 1. The van der Waals surface area contributed by atoms with E-state index < -0.39 is 0 Å². The summed E-state index contributed by atoms with van der Waals surface area (Å²) in [6, 6.07) is 5.35. The summed E-state index contributed by atoms with van der Waals surface area (Å²) < 4.78 is 6.10. The molecule has 4 heteroatoms. The molecule has 1 aromatic carbocycles. The molecule has 2 nitrogen and oxygen atoms in total. The maximum atomic E-state index is 11.2. The van der Waals surface area contributed by atoms with Crippen LogP contribution in [0.2, 0.25) is 0 Å². The van der Waals surface area contributed by atoms with Crippen molar-refractivity contribution in [2.24, 2.45) is 0 Å². The van der Waals surface area contributed by atoms with E-state index in [9.17, 15) is 4.79 Å². The molecule has 0 aliphatic heterocycles. The van der Waals surface area contributed by atoms with Gasteiger partial charge in [0.25, 0.3) is 0 Å². The van der Waals surface area contributed by atoms with Gasteiger partial charge < -0.3 is 4.74 Å². The zero-order valence-corrected chi connectivity index (χ0v) is 10.2. The van der Waals surface area contributed by atoms with Crippen LogP contribution in [0.5, 0.6) is 5.75 Å². The van der Waals surface area contributed by atoms with Crippen molar-refractivity contribution in [1.82, 2.24) is 0 Å². The van der Waals surface area contributed by atoms with Crippen LogP contribution in [0, 0.1) is 0 Å². The Kier molecular flexibility index (Phi) is 3.93. The second-order valence-corrected chi connectivity index (χ2v) is 3.82. The van der Waals surface area contributed by atoms with E-state index >= 15 is 0 Å². The van der Waals surface area contributed by atoms with Gasteiger partial charge in [-0.05, 0) is 41.1 Å². The van der Waals surface area contributed by atoms with Gasteiger partial charge in [-0.1, -0.05) is 15.9 Å². The SMILES string of the molecule is CC(=O)c1cc(Br)ccc1OCBr. The van der Waals surface area contributed by atoms with Gasteiger partial charge in [-0.25, -0.2) is 0 Å². The molecule has 0 saturated heterocycles. The predicted octanol–water partition coefficient (Wildman–Crippen LogP) is 3.38. The molecular weight excluding hydrogens is 300 g/mol. The van der Waals surface area contributed by atoms with Crippen LogP contribution in [0.3, 0.4) is 0 Å². The van der Waals surface area contributed by atoms with E-state index in [0.717, 1.165) is 4.47 Å². The summed E-state index contributed by atoms with van der Waals surface area (Å²) in [6.45, 7) is 1.52. The Morgan fingerprint density at radius 2 is 2.23 bits per heavy atom. The molecule has 0 saturated carbocycles. The number of ether oxygens (including phenoxy) is 1. The maximum Gasteiger partial charge on any atom is 0.163 e. The third-order valence-corrected chi connectivity index (χ3v) is 2.25. The summed E-state index contributed by atoms with van der Waals surface area (Å²) in [4.78, 5) is 11.2. The Morgan fingerprint density at radius 1 is 1.54 bits per heavy atom. The number of halogens is 2. The largest absolute Gasteiger partial charge is 0.482 e. The maximum absolute atomic E-state index is 11.2. The standard InChI is InChI=1S/C9H8Br2O2/c1-6(12)8-4-7(11)2-3-9(8)13-5-10/h2-4H,5H2,1H3. The Bertz CT molecular complexity index is 323. The first-order valence-electron chi connectivity index (χ1n) is 3.64. The molecule has 0 unspecified atom stereocenters. The van der Waals surface area contributed by atoms with Crippen molar-refractivity contribution in [3.8, 4) is 5.75 Å². The molecule has 13 heavy (non-hydrogen) atoms. The normalized spacial score (nSPS) is 9.77. The lowest BCUT2D eigenvalue weighted by Gasteiger charge is -2.06. The summed E-state index contributed by atoms with van der Waals surface area (Å²) >= 11 is 6.44. The van der Waals surface area contributed by atoms with Crippen LogP contribution in [-0.2, 0) is 0 Å². The number of hydrogen-bond acceptors (Lipinski definition) is 2. The molecule has 0 aliphatic carbocycles. The smallest absolute Gasteiger partial charge is 0.163 e. The van der Waals surface area contributed by atoms with E-state index in [1.165, 1.54) is 6.92 Å². The number of benzene rings is 1. The number of carbonyl (C=O) groups is 1. The Morgan fingerprint density at radius 3 is 2.77 bits per heavy atom. The fourth-order valence-electron chi connectivity index (χ4n) is 0.962. The van der Waals surface area contributed by atoms with E-state index in [4.69, 9.17) is 4.74 Å². The molecule has 1 rings (SSSR count).